The van der Waals surface area contributed by atoms with Crippen molar-refractivity contribution in [2.24, 2.45) is 0 Å². The van der Waals surface area contributed by atoms with E-state index in [0.717, 1.165) is 24.2 Å². The van der Waals surface area contributed by atoms with E-state index in [-0.39, 0.29) is 11.3 Å². The van der Waals surface area contributed by atoms with E-state index in [1.54, 1.807) is 0 Å². The maximum atomic E-state index is 5.90. The molecule has 1 aliphatic rings. The van der Waals surface area contributed by atoms with Gasteiger partial charge in [-0.2, -0.15) is 15.0 Å². The van der Waals surface area contributed by atoms with Crippen LogP contribution < -0.4 is 9.47 Å². The molecule has 1 heterocycles. The van der Waals surface area contributed by atoms with Gasteiger partial charge in [0.1, 0.15) is 5.75 Å². The molecule has 0 spiro atoms. The summed E-state index contributed by atoms with van der Waals surface area (Å²) in [6.07, 6.45) is 2.60. The largest absolute Gasteiger partial charge is 0.490 e. The average molecular weight is 292 g/mol. The minimum atomic E-state index is 0.118. The topological polar surface area (TPSA) is 57.1 Å². The van der Waals surface area contributed by atoms with E-state index in [9.17, 15) is 0 Å². The Morgan fingerprint density at radius 1 is 1.25 bits per heavy atom. The Morgan fingerprint density at radius 2 is 2.10 bits per heavy atom. The van der Waals surface area contributed by atoms with Crippen molar-refractivity contribution in [1.82, 2.24) is 15.0 Å². The van der Waals surface area contributed by atoms with Crippen LogP contribution in [0.3, 0.4) is 0 Å². The average Bonchev–Trinajstić information content (AvgIpc) is 3.23. The zero-order valence-corrected chi connectivity index (χ0v) is 11.8. The van der Waals surface area contributed by atoms with Crippen LogP contribution in [0.15, 0.2) is 24.3 Å². The highest BCUT2D eigenvalue weighted by Gasteiger charge is 2.23. The molecule has 1 aromatic carbocycles. The smallest absolute Gasteiger partial charge is 0.321 e. The van der Waals surface area contributed by atoms with Crippen LogP contribution in [0.25, 0.3) is 11.4 Å². The van der Waals surface area contributed by atoms with Gasteiger partial charge in [0, 0.05) is 5.56 Å². The highest BCUT2D eigenvalue weighted by molar-refractivity contribution is 6.28. The zero-order valence-electron chi connectivity index (χ0n) is 11.0. The molecule has 0 radical (unpaired) electrons. The number of hydrogen-bond donors (Lipinski definition) is 0. The molecule has 1 saturated carbocycles. The maximum absolute atomic E-state index is 5.90. The predicted octanol–water partition coefficient (Wildman–Crippen LogP) is 3.13. The summed E-state index contributed by atoms with van der Waals surface area (Å²) in [5.41, 5.74) is 0.827. The molecule has 0 unspecified atom stereocenters. The first kappa shape index (κ1) is 13.1. The number of nitrogens with zero attached hydrogens (tertiary/aromatic N) is 3. The van der Waals surface area contributed by atoms with E-state index < -0.39 is 0 Å². The number of ether oxygens (including phenoxy) is 2. The molecular formula is C14H14ClN3O2. The second-order valence-corrected chi connectivity index (χ2v) is 4.83. The van der Waals surface area contributed by atoms with Gasteiger partial charge < -0.3 is 9.47 Å². The summed E-state index contributed by atoms with van der Waals surface area (Å²) in [5, 5.41) is 0.118. The van der Waals surface area contributed by atoms with Gasteiger partial charge in [0.2, 0.25) is 5.28 Å². The number of benzene rings is 1. The van der Waals surface area contributed by atoms with E-state index >= 15 is 0 Å². The van der Waals surface area contributed by atoms with Crippen LogP contribution >= 0.6 is 11.6 Å². The highest BCUT2D eigenvalue weighted by atomic mass is 35.5. The van der Waals surface area contributed by atoms with Crippen molar-refractivity contribution in [3.8, 4) is 23.1 Å². The SMILES string of the molecule is CCOc1nc(Cl)nc(-c2cccc(OC3CC3)c2)n1. The number of hydrogen-bond acceptors (Lipinski definition) is 5. The Bertz CT molecular complexity index is 617. The van der Waals surface area contributed by atoms with Crippen molar-refractivity contribution in [3.05, 3.63) is 29.5 Å². The van der Waals surface area contributed by atoms with Crippen LogP contribution in [0.1, 0.15) is 19.8 Å². The third kappa shape index (κ3) is 3.17. The zero-order chi connectivity index (χ0) is 13.9. The minimum Gasteiger partial charge on any atom is -0.490 e. The van der Waals surface area contributed by atoms with Gasteiger partial charge >= 0.3 is 6.01 Å². The van der Waals surface area contributed by atoms with Crippen molar-refractivity contribution >= 4 is 11.6 Å². The van der Waals surface area contributed by atoms with Gasteiger partial charge in [-0.3, -0.25) is 0 Å². The van der Waals surface area contributed by atoms with Crippen LogP contribution in [0.2, 0.25) is 5.28 Å². The van der Waals surface area contributed by atoms with Crippen LogP contribution in [0.5, 0.6) is 11.8 Å². The van der Waals surface area contributed by atoms with Crippen LogP contribution in [0.4, 0.5) is 0 Å². The van der Waals surface area contributed by atoms with Crippen molar-refractivity contribution < 1.29 is 9.47 Å². The van der Waals surface area contributed by atoms with Crippen LogP contribution in [0, 0.1) is 0 Å². The maximum Gasteiger partial charge on any atom is 0.321 e. The number of aromatic nitrogens is 3. The van der Waals surface area contributed by atoms with Crippen molar-refractivity contribution in [3.63, 3.8) is 0 Å². The van der Waals surface area contributed by atoms with E-state index in [1.165, 1.54) is 0 Å². The lowest BCUT2D eigenvalue weighted by Gasteiger charge is -2.07. The van der Waals surface area contributed by atoms with E-state index in [2.05, 4.69) is 15.0 Å². The Hall–Kier alpha value is -1.88. The summed E-state index contributed by atoms with van der Waals surface area (Å²) in [6.45, 7) is 2.34. The molecule has 6 heteroatoms. The third-order valence-corrected chi connectivity index (χ3v) is 2.95. The Balaban J connectivity index is 1.90. The molecule has 0 amide bonds. The lowest BCUT2D eigenvalue weighted by Crippen LogP contribution is -2.01. The Morgan fingerprint density at radius 3 is 2.85 bits per heavy atom. The van der Waals surface area contributed by atoms with E-state index in [4.69, 9.17) is 21.1 Å². The van der Waals surface area contributed by atoms with Crippen molar-refractivity contribution in [2.45, 2.75) is 25.9 Å². The van der Waals surface area contributed by atoms with Gasteiger partial charge in [-0.05, 0) is 43.5 Å². The monoisotopic (exact) mass is 291 g/mol. The van der Waals surface area contributed by atoms with E-state index in [1.807, 2.05) is 31.2 Å². The summed E-state index contributed by atoms with van der Waals surface area (Å²) in [6, 6.07) is 7.87. The highest BCUT2D eigenvalue weighted by Crippen LogP contribution is 2.29. The molecule has 1 fully saturated rings. The Kier molecular flexibility index (Phi) is 3.69. The summed E-state index contributed by atoms with van der Waals surface area (Å²) in [7, 11) is 0. The van der Waals surface area contributed by atoms with Crippen LogP contribution in [-0.2, 0) is 0 Å². The van der Waals surface area contributed by atoms with Gasteiger partial charge in [0.25, 0.3) is 0 Å². The van der Waals surface area contributed by atoms with Gasteiger partial charge in [0.15, 0.2) is 5.82 Å². The molecule has 104 valence electrons. The molecule has 0 bridgehead atoms. The summed E-state index contributed by atoms with van der Waals surface area (Å²) < 4.78 is 11.0. The normalized spacial score (nSPS) is 14.1. The summed E-state index contributed by atoms with van der Waals surface area (Å²) >= 11 is 5.90. The standard InChI is InChI=1S/C14H14ClN3O2/c1-2-19-14-17-12(16-13(15)18-14)9-4-3-5-11(8-9)20-10-6-7-10/h3-5,8,10H,2,6-7H2,1H3. The predicted molar refractivity (Wildman–Crippen MR) is 75.1 cm³/mol. The molecule has 0 atom stereocenters. The summed E-state index contributed by atoms with van der Waals surface area (Å²) in [5.74, 6) is 1.30. The molecule has 0 aliphatic heterocycles. The van der Waals surface area contributed by atoms with Gasteiger partial charge in [-0.15, -0.1) is 0 Å². The molecule has 0 N–H and O–H groups in total. The van der Waals surface area contributed by atoms with Crippen molar-refractivity contribution in [1.29, 1.82) is 0 Å². The first-order valence-electron chi connectivity index (χ1n) is 6.56. The first-order valence-corrected chi connectivity index (χ1v) is 6.94. The fraction of sp³-hybridized carbons (Fsp3) is 0.357. The second-order valence-electron chi connectivity index (χ2n) is 4.49. The molecule has 1 aliphatic carbocycles. The third-order valence-electron chi connectivity index (χ3n) is 2.78. The molecule has 20 heavy (non-hydrogen) atoms. The molecule has 1 aromatic heterocycles. The fourth-order valence-electron chi connectivity index (χ4n) is 1.74. The lowest BCUT2D eigenvalue weighted by molar-refractivity contribution is 0.303. The van der Waals surface area contributed by atoms with Gasteiger partial charge in [-0.1, -0.05) is 12.1 Å². The minimum absolute atomic E-state index is 0.118. The number of rotatable bonds is 5. The lowest BCUT2D eigenvalue weighted by atomic mass is 10.2. The molecule has 3 rings (SSSR count). The Labute approximate surface area is 121 Å². The first-order chi connectivity index (χ1) is 9.74. The van der Waals surface area contributed by atoms with Gasteiger partial charge in [-0.25, -0.2) is 0 Å². The molecular weight excluding hydrogens is 278 g/mol. The second kappa shape index (κ2) is 5.63. The van der Waals surface area contributed by atoms with Gasteiger partial charge in [0.05, 0.1) is 12.7 Å². The molecule has 0 saturated heterocycles. The quantitative estimate of drug-likeness (QED) is 0.847. The molecule has 5 nitrogen and oxygen atoms in total. The molecule has 2 aromatic rings. The summed E-state index contributed by atoms with van der Waals surface area (Å²) in [4.78, 5) is 12.3. The number of halogens is 1. The fourth-order valence-corrected chi connectivity index (χ4v) is 1.89. The van der Waals surface area contributed by atoms with E-state index in [0.29, 0.717) is 18.5 Å². The van der Waals surface area contributed by atoms with Crippen molar-refractivity contribution in [2.75, 3.05) is 6.61 Å². The van der Waals surface area contributed by atoms with Crippen LogP contribution in [-0.4, -0.2) is 27.7 Å².